The predicted molar refractivity (Wildman–Crippen MR) is 99.4 cm³/mol. The van der Waals surface area contributed by atoms with Crippen LogP contribution in [0, 0.1) is 5.92 Å². The Morgan fingerprint density at radius 3 is 2.73 bits per heavy atom. The predicted octanol–water partition coefficient (Wildman–Crippen LogP) is 2.96. The molecule has 0 radical (unpaired) electrons. The first-order valence-corrected chi connectivity index (χ1v) is 9.42. The Morgan fingerprint density at radius 2 is 1.96 bits per heavy atom. The second-order valence-electron chi connectivity index (χ2n) is 7.25. The third kappa shape index (κ3) is 3.49. The van der Waals surface area contributed by atoms with E-state index in [4.69, 9.17) is 0 Å². The van der Waals surface area contributed by atoms with E-state index >= 15 is 0 Å². The second kappa shape index (κ2) is 7.32. The van der Waals surface area contributed by atoms with Crippen LogP contribution in [0.3, 0.4) is 0 Å². The van der Waals surface area contributed by atoms with Crippen LogP contribution in [-0.4, -0.2) is 27.6 Å². The van der Waals surface area contributed by atoms with Gasteiger partial charge < -0.3 is 10.6 Å². The van der Waals surface area contributed by atoms with Crippen molar-refractivity contribution >= 4 is 17.6 Å². The molecule has 0 saturated heterocycles. The maximum atomic E-state index is 12.5. The van der Waals surface area contributed by atoms with E-state index in [1.165, 1.54) is 19.3 Å². The van der Waals surface area contributed by atoms with E-state index in [9.17, 15) is 9.59 Å². The SMILES string of the molecule is O=C(CC1Cn2ncc(-c3ccccc3)c2NC1=O)NC1CCCCC1. The minimum atomic E-state index is -0.380. The number of benzene rings is 1. The van der Waals surface area contributed by atoms with Gasteiger partial charge in [0.05, 0.1) is 18.7 Å². The standard InChI is InChI=1S/C20H24N4O2/c25-18(22-16-9-5-2-6-10-16)11-15-13-24-19(23-20(15)26)17(12-21-24)14-7-3-1-4-8-14/h1,3-4,7-8,12,15-16H,2,5-6,9-11,13H2,(H,22,25)(H,23,26). The van der Waals surface area contributed by atoms with E-state index in [1.54, 1.807) is 10.9 Å². The van der Waals surface area contributed by atoms with Crippen LogP contribution in [0.1, 0.15) is 38.5 Å². The summed E-state index contributed by atoms with van der Waals surface area (Å²) in [5.74, 6) is 0.199. The van der Waals surface area contributed by atoms with Crippen LogP contribution in [0.5, 0.6) is 0 Å². The highest BCUT2D eigenvalue weighted by Crippen LogP contribution is 2.31. The molecule has 26 heavy (non-hydrogen) atoms. The van der Waals surface area contributed by atoms with E-state index in [0.29, 0.717) is 12.4 Å². The molecule has 6 nitrogen and oxygen atoms in total. The smallest absolute Gasteiger partial charge is 0.231 e. The molecule has 1 aliphatic heterocycles. The van der Waals surface area contributed by atoms with Crippen LogP contribution in [0.2, 0.25) is 0 Å². The first-order chi connectivity index (χ1) is 12.7. The highest BCUT2D eigenvalue weighted by Gasteiger charge is 2.31. The molecule has 4 rings (SSSR count). The molecular weight excluding hydrogens is 328 g/mol. The third-order valence-corrected chi connectivity index (χ3v) is 5.33. The molecule has 2 heterocycles. The lowest BCUT2D eigenvalue weighted by Crippen LogP contribution is -2.41. The summed E-state index contributed by atoms with van der Waals surface area (Å²) in [5.41, 5.74) is 1.92. The molecule has 0 spiro atoms. The van der Waals surface area contributed by atoms with Crippen molar-refractivity contribution in [2.75, 3.05) is 5.32 Å². The molecule has 1 saturated carbocycles. The Morgan fingerprint density at radius 1 is 1.19 bits per heavy atom. The fraction of sp³-hybridized carbons (Fsp3) is 0.450. The van der Waals surface area contributed by atoms with Crippen molar-refractivity contribution in [3.63, 3.8) is 0 Å². The topological polar surface area (TPSA) is 76.0 Å². The zero-order chi connectivity index (χ0) is 17.9. The van der Waals surface area contributed by atoms with E-state index in [1.807, 2.05) is 30.3 Å². The number of hydrogen-bond acceptors (Lipinski definition) is 3. The van der Waals surface area contributed by atoms with Crippen LogP contribution in [-0.2, 0) is 16.1 Å². The number of amides is 2. The molecule has 2 aliphatic rings. The quantitative estimate of drug-likeness (QED) is 0.888. The van der Waals surface area contributed by atoms with Gasteiger partial charge in [-0.25, -0.2) is 4.68 Å². The number of carbonyl (C=O) groups is 2. The highest BCUT2D eigenvalue weighted by molar-refractivity contribution is 5.98. The number of rotatable bonds is 4. The van der Waals surface area contributed by atoms with Crippen molar-refractivity contribution < 1.29 is 9.59 Å². The van der Waals surface area contributed by atoms with Crippen molar-refractivity contribution in [3.05, 3.63) is 36.5 Å². The zero-order valence-corrected chi connectivity index (χ0v) is 14.8. The van der Waals surface area contributed by atoms with Crippen molar-refractivity contribution in [3.8, 4) is 11.1 Å². The number of aromatic nitrogens is 2. The van der Waals surface area contributed by atoms with Gasteiger partial charge in [0.2, 0.25) is 11.8 Å². The van der Waals surface area contributed by atoms with Gasteiger partial charge in [-0.05, 0) is 18.4 Å². The van der Waals surface area contributed by atoms with Crippen LogP contribution >= 0.6 is 0 Å². The lowest BCUT2D eigenvalue weighted by atomic mass is 9.94. The van der Waals surface area contributed by atoms with E-state index < -0.39 is 0 Å². The largest absolute Gasteiger partial charge is 0.353 e. The summed E-state index contributed by atoms with van der Waals surface area (Å²) in [4.78, 5) is 24.9. The molecule has 1 aromatic carbocycles. The minimum Gasteiger partial charge on any atom is -0.353 e. The fourth-order valence-corrected chi connectivity index (χ4v) is 3.91. The maximum Gasteiger partial charge on any atom is 0.231 e. The molecule has 6 heteroatoms. The van der Waals surface area contributed by atoms with Gasteiger partial charge in [0.15, 0.2) is 0 Å². The average molecular weight is 352 g/mol. The average Bonchev–Trinajstić information content (AvgIpc) is 3.06. The summed E-state index contributed by atoms with van der Waals surface area (Å²) in [5, 5.41) is 10.5. The number of hydrogen-bond donors (Lipinski definition) is 2. The Kier molecular flexibility index (Phi) is 4.73. The maximum absolute atomic E-state index is 12.5. The molecule has 1 atom stereocenters. The Balaban J connectivity index is 1.43. The second-order valence-corrected chi connectivity index (χ2v) is 7.25. The van der Waals surface area contributed by atoms with Crippen LogP contribution in [0.4, 0.5) is 5.82 Å². The summed E-state index contributed by atoms with van der Waals surface area (Å²) in [6.07, 6.45) is 7.68. The minimum absolute atomic E-state index is 0.0315. The molecule has 1 unspecified atom stereocenters. The van der Waals surface area contributed by atoms with Crippen molar-refractivity contribution in [2.24, 2.45) is 5.92 Å². The number of fused-ring (bicyclic) bond motifs is 1. The summed E-state index contributed by atoms with van der Waals surface area (Å²) < 4.78 is 1.79. The van der Waals surface area contributed by atoms with Gasteiger partial charge in [0.25, 0.3) is 0 Å². The normalized spacial score (nSPS) is 20.3. The lowest BCUT2D eigenvalue weighted by molar-refractivity contribution is -0.128. The number of nitrogens with zero attached hydrogens (tertiary/aromatic N) is 2. The molecule has 1 aromatic heterocycles. The van der Waals surface area contributed by atoms with Crippen LogP contribution in [0.25, 0.3) is 11.1 Å². The molecule has 1 fully saturated rings. The summed E-state index contributed by atoms with van der Waals surface area (Å²) in [6.45, 7) is 0.437. The fourth-order valence-electron chi connectivity index (χ4n) is 3.91. The van der Waals surface area contributed by atoms with Gasteiger partial charge in [-0.15, -0.1) is 0 Å². The van der Waals surface area contributed by atoms with E-state index in [2.05, 4.69) is 15.7 Å². The van der Waals surface area contributed by atoms with Crippen molar-refractivity contribution in [1.82, 2.24) is 15.1 Å². The summed E-state index contributed by atoms with van der Waals surface area (Å²) in [7, 11) is 0. The van der Waals surface area contributed by atoms with Gasteiger partial charge >= 0.3 is 0 Å². The summed E-state index contributed by atoms with van der Waals surface area (Å²) in [6, 6.07) is 10.1. The Labute approximate surface area is 153 Å². The molecule has 1 aliphatic carbocycles. The summed E-state index contributed by atoms with van der Waals surface area (Å²) >= 11 is 0. The lowest BCUT2D eigenvalue weighted by Gasteiger charge is -2.26. The van der Waals surface area contributed by atoms with Crippen LogP contribution in [0.15, 0.2) is 36.5 Å². The molecular formula is C20H24N4O2. The highest BCUT2D eigenvalue weighted by atomic mass is 16.2. The van der Waals surface area contributed by atoms with E-state index in [-0.39, 0.29) is 30.2 Å². The van der Waals surface area contributed by atoms with Gasteiger partial charge in [-0.1, -0.05) is 49.6 Å². The first-order valence-electron chi connectivity index (χ1n) is 9.42. The van der Waals surface area contributed by atoms with Gasteiger partial charge in [0.1, 0.15) is 5.82 Å². The molecule has 2 amide bonds. The molecule has 2 N–H and O–H groups in total. The van der Waals surface area contributed by atoms with Crippen molar-refractivity contribution in [1.29, 1.82) is 0 Å². The Hall–Kier alpha value is -2.63. The van der Waals surface area contributed by atoms with Gasteiger partial charge in [0, 0.05) is 18.0 Å². The molecule has 136 valence electrons. The zero-order valence-electron chi connectivity index (χ0n) is 14.8. The van der Waals surface area contributed by atoms with E-state index in [0.717, 1.165) is 24.0 Å². The number of anilines is 1. The number of nitrogens with one attached hydrogen (secondary N) is 2. The number of carbonyl (C=O) groups excluding carboxylic acids is 2. The van der Waals surface area contributed by atoms with Gasteiger partial charge in [-0.3, -0.25) is 9.59 Å². The monoisotopic (exact) mass is 352 g/mol. The Bertz CT molecular complexity index is 793. The third-order valence-electron chi connectivity index (χ3n) is 5.33. The first kappa shape index (κ1) is 16.8. The van der Waals surface area contributed by atoms with Crippen LogP contribution < -0.4 is 10.6 Å². The molecule has 2 aromatic rings. The van der Waals surface area contributed by atoms with Crippen molar-refractivity contribution in [2.45, 2.75) is 51.1 Å². The molecule has 0 bridgehead atoms. The van der Waals surface area contributed by atoms with Gasteiger partial charge in [-0.2, -0.15) is 5.10 Å².